The van der Waals surface area contributed by atoms with Gasteiger partial charge in [-0.25, -0.2) is 0 Å². The lowest BCUT2D eigenvalue weighted by Gasteiger charge is -2.22. The molecule has 0 saturated carbocycles. The van der Waals surface area contributed by atoms with E-state index < -0.39 is 23.3 Å². The molecule has 0 bridgehead atoms. The summed E-state index contributed by atoms with van der Waals surface area (Å²) in [5.41, 5.74) is 1.19. The first-order valence-electron chi connectivity index (χ1n) is 7.32. The van der Waals surface area contributed by atoms with Crippen molar-refractivity contribution in [2.45, 2.75) is 46.1 Å². The number of ketones is 1. The van der Waals surface area contributed by atoms with Crippen LogP contribution in [0.4, 0.5) is 5.69 Å². The van der Waals surface area contributed by atoms with Crippen molar-refractivity contribution in [3.8, 4) is 0 Å². The van der Waals surface area contributed by atoms with Crippen LogP contribution in [-0.2, 0) is 14.3 Å². The third-order valence-electron chi connectivity index (χ3n) is 3.37. The maximum absolute atomic E-state index is 12.1. The fraction of sp³-hybridized carbons (Fsp3) is 0.471. The zero-order chi connectivity index (χ0) is 16.7. The van der Waals surface area contributed by atoms with Crippen LogP contribution >= 0.6 is 0 Å². The van der Waals surface area contributed by atoms with Crippen molar-refractivity contribution in [1.29, 1.82) is 0 Å². The molecule has 1 aliphatic rings. The van der Waals surface area contributed by atoms with Crippen molar-refractivity contribution < 1.29 is 19.1 Å². The van der Waals surface area contributed by atoms with E-state index in [1.165, 1.54) is 4.90 Å². The van der Waals surface area contributed by atoms with Gasteiger partial charge < -0.3 is 4.74 Å². The SMILES string of the molecule is CC(C)c1ccc2c(c1)C(=O)C(=O)N2CC(=O)OC(C)(C)C. The number of amides is 1. The van der Waals surface area contributed by atoms with E-state index in [4.69, 9.17) is 4.74 Å². The number of rotatable bonds is 3. The van der Waals surface area contributed by atoms with Crippen LogP contribution in [0.3, 0.4) is 0 Å². The Kier molecular flexibility index (Phi) is 4.09. The van der Waals surface area contributed by atoms with Crippen molar-refractivity contribution in [3.63, 3.8) is 0 Å². The minimum Gasteiger partial charge on any atom is -0.459 e. The summed E-state index contributed by atoms with van der Waals surface area (Å²) >= 11 is 0. The molecule has 1 aromatic carbocycles. The molecule has 1 aliphatic heterocycles. The number of carbonyl (C=O) groups is 3. The monoisotopic (exact) mass is 303 g/mol. The third kappa shape index (κ3) is 3.18. The van der Waals surface area contributed by atoms with Crippen molar-refractivity contribution in [2.24, 2.45) is 0 Å². The molecule has 0 aliphatic carbocycles. The fourth-order valence-electron chi connectivity index (χ4n) is 2.34. The van der Waals surface area contributed by atoms with Gasteiger partial charge in [-0.2, -0.15) is 0 Å². The molecule has 1 amide bonds. The van der Waals surface area contributed by atoms with E-state index >= 15 is 0 Å². The minimum atomic E-state index is -0.679. The number of carbonyl (C=O) groups excluding carboxylic acids is 3. The highest BCUT2D eigenvalue weighted by Gasteiger charge is 2.37. The van der Waals surface area contributed by atoms with E-state index in [-0.39, 0.29) is 12.5 Å². The Morgan fingerprint density at radius 1 is 1.23 bits per heavy atom. The van der Waals surface area contributed by atoms with Gasteiger partial charge in [-0.1, -0.05) is 19.9 Å². The number of benzene rings is 1. The maximum Gasteiger partial charge on any atom is 0.326 e. The summed E-state index contributed by atoms with van der Waals surface area (Å²) in [4.78, 5) is 37.3. The van der Waals surface area contributed by atoms with E-state index in [0.717, 1.165) is 5.56 Å². The first-order valence-corrected chi connectivity index (χ1v) is 7.32. The molecule has 1 heterocycles. The van der Waals surface area contributed by atoms with Gasteiger partial charge in [0.15, 0.2) is 0 Å². The number of nitrogens with zero attached hydrogens (tertiary/aromatic N) is 1. The Hall–Kier alpha value is -2.17. The molecule has 0 radical (unpaired) electrons. The predicted octanol–water partition coefficient (Wildman–Crippen LogP) is 2.68. The Labute approximate surface area is 130 Å². The average molecular weight is 303 g/mol. The van der Waals surface area contributed by atoms with E-state index in [2.05, 4.69) is 0 Å². The first kappa shape index (κ1) is 16.2. The highest BCUT2D eigenvalue weighted by molar-refractivity contribution is 6.52. The second-order valence-corrected chi connectivity index (χ2v) is 6.74. The summed E-state index contributed by atoms with van der Waals surface area (Å²) in [5, 5.41) is 0. The summed E-state index contributed by atoms with van der Waals surface area (Å²) < 4.78 is 5.22. The molecule has 0 unspecified atom stereocenters. The Morgan fingerprint density at radius 2 is 1.86 bits per heavy atom. The lowest BCUT2D eigenvalue weighted by Crippen LogP contribution is -2.38. The Morgan fingerprint density at radius 3 is 2.41 bits per heavy atom. The molecule has 118 valence electrons. The van der Waals surface area contributed by atoms with Gasteiger partial charge in [-0.3, -0.25) is 19.3 Å². The summed E-state index contributed by atoms with van der Waals surface area (Å²) in [7, 11) is 0. The molecule has 5 heteroatoms. The van der Waals surface area contributed by atoms with Gasteiger partial charge in [0.1, 0.15) is 12.1 Å². The number of anilines is 1. The van der Waals surface area contributed by atoms with E-state index in [1.807, 2.05) is 19.9 Å². The molecule has 0 atom stereocenters. The molecule has 0 fully saturated rings. The van der Waals surface area contributed by atoms with Gasteiger partial charge in [0, 0.05) is 0 Å². The summed E-state index contributed by atoms with van der Waals surface area (Å²) in [6.07, 6.45) is 0. The van der Waals surface area contributed by atoms with Crippen LogP contribution in [-0.4, -0.2) is 29.8 Å². The molecule has 0 N–H and O–H groups in total. The molecular weight excluding hydrogens is 282 g/mol. The lowest BCUT2D eigenvalue weighted by atomic mass is 9.99. The predicted molar refractivity (Wildman–Crippen MR) is 83.1 cm³/mol. The number of Topliss-reactive ketones (excluding diaryl/α,β-unsaturated/α-hetero) is 1. The highest BCUT2D eigenvalue weighted by Crippen LogP contribution is 2.31. The molecular formula is C17H21NO4. The van der Waals surface area contributed by atoms with Crippen LogP contribution in [0.2, 0.25) is 0 Å². The Bertz CT molecular complexity index is 641. The number of ether oxygens (including phenoxy) is 1. The van der Waals surface area contributed by atoms with Crippen LogP contribution in [0.15, 0.2) is 18.2 Å². The zero-order valence-corrected chi connectivity index (χ0v) is 13.6. The van der Waals surface area contributed by atoms with Crippen molar-refractivity contribution >= 4 is 23.3 Å². The van der Waals surface area contributed by atoms with Gasteiger partial charge in [-0.05, 0) is 44.4 Å². The number of esters is 1. The molecule has 2 rings (SSSR count). The summed E-state index contributed by atoms with van der Waals surface area (Å²) in [6, 6.07) is 5.32. The normalized spacial score (nSPS) is 14.5. The quantitative estimate of drug-likeness (QED) is 0.636. The van der Waals surface area contributed by atoms with Gasteiger partial charge in [0.05, 0.1) is 11.3 Å². The van der Waals surface area contributed by atoms with E-state index in [9.17, 15) is 14.4 Å². The molecule has 5 nitrogen and oxygen atoms in total. The number of hydrogen-bond acceptors (Lipinski definition) is 4. The topological polar surface area (TPSA) is 63.7 Å². The second-order valence-electron chi connectivity index (χ2n) is 6.74. The first-order chi connectivity index (χ1) is 10.1. The Balaban J connectivity index is 2.28. The maximum atomic E-state index is 12.1. The standard InChI is InChI=1S/C17H21NO4/c1-10(2)11-6-7-13-12(8-11)15(20)16(21)18(13)9-14(19)22-17(3,4)5/h6-8,10H,9H2,1-5H3. The largest absolute Gasteiger partial charge is 0.459 e. The van der Waals surface area contributed by atoms with Crippen LogP contribution in [0, 0.1) is 0 Å². The van der Waals surface area contributed by atoms with E-state index in [0.29, 0.717) is 11.3 Å². The third-order valence-corrected chi connectivity index (χ3v) is 3.37. The van der Waals surface area contributed by atoms with Crippen LogP contribution in [0.25, 0.3) is 0 Å². The average Bonchev–Trinajstić information content (AvgIpc) is 2.61. The molecule has 0 saturated heterocycles. The second kappa shape index (κ2) is 5.55. The molecule has 0 aromatic heterocycles. The molecule has 1 aromatic rings. The van der Waals surface area contributed by atoms with Gasteiger partial charge in [-0.15, -0.1) is 0 Å². The molecule has 22 heavy (non-hydrogen) atoms. The van der Waals surface area contributed by atoms with Gasteiger partial charge >= 0.3 is 5.97 Å². The zero-order valence-electron chi connectivity index (χ0n) is 13.6. The minimum absolute atomic E-state index is 0.254. The van der Waals surface area contributed by atoms with Crippen LogP contribution < -0.4 is 4.90 Å². The highest BCUT2D eigenvalue weighted by atomic mass is 16.6. The van der Waals surface area contributed by atoms with Crippen LogP contribution in [0.5, 0.6) is 0 Å². The lowest BCUT2D eigenvalue weighted by molar-refractivity contribution is -0.153. The van der Waals surface area contributed by atoms with Crippen molar-refractivity contribution in [3.05, 3.63) is 29.3 Å². The molecule has 0 spiro atoms. The fourth-order valence-corrected chi connectivity index (χ4v) is 2.34. The summed E-state index contributed by atoms with van der Waals surface area (Å²) in [6.45, 7) is 9.04. The van der Waals surface area contributed by atoms with Crippen LogP contribution in [0.1, 0.15) is 56.5 Å². The van der Waals surface area contributed by atoms with E-state index in [1.54, 1.807) is 32.9 Å². The van der Waals surface area contributed by atoms with Gasteiger partial charge in [0.2, 0.25) is 0 Å². The smallest absolute Gasteiger partial charge is 0.326 e. The summed E-state index contributed by atoms with van der Waals surface area (Å²) in [5.74, 6) is -1.52. The van der Waals surface area contributed by atoms with Crippen molar-refractivity contribution in [1.82, 2.24) is 0 Å². The number of fused-ring (bicyclic) bond motifs is 1. The van der Waals surface area contributed by atoms with Crippen molar-refractivity contribution in [2.75, 3.05) is 11.4 Å². The number of hydrogen-bond donors (Lipinski definition) is 0. The van der Waals surface area contributed by atoms with Gasteiger partial charge in [0.25, 0.3) is 11.7 Å².